The highest BCUT2D eigenvalue weighted by Crippen LogP contribution is 2.47. The first-order valence-electron chi connectivity index (χ1n) is 9.42. The molecule has 1 fully saturated rings. The van der Waals surface area contributed by atoms with E-state index < -0.39 is 17.9 Å². The molecule has 0 N–H and O–H groups in total. The van der Waals surface area contributed by atoms with E-state index in [0.717, 1.165) is 6.42 Å². The van der Waals surface area contributed by atoms with Gasteiger partial charge in [-0.2, -0.15) is 0 Å². The van der Waals surface area contributed by atoms with Gasteiger partial charge >= 0.3 is 0 Å². The summed E-state index contributed by atoms with van der Waals surface area (Å²) in [6.07, 6.45) is 1.66. The van der Waals surface area contributed by atoms with Gasteiger partial charge in [0, 0.05) is 25.9 Å². The van der Waals surface area contributed by atoms with Gasteiger partial charge in [0.25, 0.3) is 5.78 Å². The number of ketones is 1. The number of allylic oxidation sites excluding steroid dienone is 1. The van der Waals surface area contributed by atoms with Gasteiger partial charge in [0.2, 0.25) is 11.5 Å². The minimum atomic E-state index is -1.45. The van der Waals surface area contributed by atoms with Gasteiger partial charge in [-0.25, -0.2) is 0 Å². The van der Waals surface area contributed by atoms with Crippen molar-refractivity contribution in [3.63, 3.8) is 0 Å². The van der Waals surface area contributed by atoms with E-state index in [4.69, 9.17) is 32.9 Å². The Balaban J connectivity index is 1.97. The number of hydrogen-bond acceptors (Lipinski definition) is 9. The van der Waals surface area contributed by atoms with E-state index in [-0.39, 0.29) is 11.5 Å². The van der Waals surface area contributed by atoms with Crippen LogP contribution in [0.3, 0.4) is 0 Å². The molecule has 0 radical (unpaired) electrons. The molecule has 160 valence electrons. The van der Waals surface area contributed by atoms with Gasteiger partial charge in [-0.15, -0.1) is 0 Å². The monoisotopic (exact) mass is 417 g/mol. The predicted molar refractivity (Wildman–Crippen MR) is 103 cm³/mol. The van der Waals surface area contributed by atoms with E-state index in [0.29, 0.717) is 41.3 Å². The second kappa shape index (κ2) is 8.19. The molecule has 0 amide bonds. The molecule has 9 heteroatoms. The van der Waals surface area contributed by atoms with Crippen molar-refractivity contribution in [1.82, 2.24) is 5.16 Å². The van der Waals surface area contributed by atoms with Crippen molar-refractivity contribution in [1.29, 1.82) is 0 Å². The van der Waals surface area contributed by atoms with Crippen molar-refractivity contribution in [2.45, 2.75) is 18.5 Å². The Morgan fingerprint density at radius 3 is 2.43 bits per heavy atom. The fourth-order valence-corrected chi connectivity index (χ4v) is 3.75. The fourth-order valence-electron chi connectivity index (χ4n) is 3.75. The Hall–Kier alpha value is -2.72. The molecule has 2 heterocycles. The normalized spacial score (nSPS) is 18.7. The molecule has 0 atom stereocenters. The highest BCUT2D eigenvalue weighted by atomic mass is 16.7. The summed E-state index contributed by atoms with van der Waals surface area (Å²) >= 11 is 0. The Morgan fingerprint density at radius 2 is 1.80 bits per heavy atom. The summed E-state index contributed by atoms with van der Waals surface area (Å²) in [4.78, 5) is 12.8. The second-order valence-corrected chi connectivity index (χ2v) is 6.70. The number of hydrogen-bond donors (Lipinski definition) is 0. The molecule has 4 rings (SSSR count). The second-order valence-electron chi connectivity index (χ2n) is 6.70. The maximum absolute atomic E-state index is 12.8. The van der Waals surface area contributed by atoms with E-state index in [1.54, 1.807) is 13.2 Å². The lowest BCUT2D eigenvalue weighted by Crippen LogP contribution is -2.35. The lowest BCUT2D eigenvalue weighted by molar-refractivity contribution is -0.183. The zero-order chi connectivity index (χ0) is 21.3. The maximum atomic E-state index is 12.8. The molecule has 1 aliphatic carbocycles. The van der Waals surface area contributed by atoms with Crippen molar-refractivity contribution in [3.8, 4) is 17.0 Å². The molecule has 9 nitrogen and oxygen atoms in total. The standard InChI is InChI=1S/C21H23NO8/c1-24-13-8-5-7-12(20-28-9-6-10-29-20)15(13)17-16-19(30-22-17)18(23)14(25-2)11-21(16,26-3)27-4/h5,7-8,11,20H,6,9-10H2,1-4H3. The van der Waals surface area contributed by atoms with Crippen LogP contribution < -0.4 is 4.74 Å². The van der Waals surface area contributed by atoms with Crippen molar-refractivity contribution in [3.05, 3.63) is 46.9 Å². The maximum Gasteiger partial charge on any atom is 0.265 e. The number of carbonyl (C=O) groups is 1. The fraction of sp³-hybridized carbons (Fsp3) is 0.429. The first kappa shape index (κ1) is 20.5. The van der Waals surface area contributed by atoms with Crippen LogP contribution in [0.5, 0.6) is 5.75 Å². The summed E-state index contributed by atoms with van der Waals surface area (Å²) in [6, 6.07) is 5.47. The molecular formula is C21H23NO8. The van der Waals surface area contributed by atoms with E-state index in [2.05, 4.69) is 5.16 Å². The van der Waals surface area contributed by atoms with Crippen LogP contribution in [0.15, 0.2) is 34.6 Å². The summed E-state index contributed by atoms with van der Waals surface area (Å²) < 4.78 is 39.2. The first-order valence-corrected chi connectivity index (χ1v) is 9.42. The molecule has 0 spiro atoms. The number of fused-ring (bicyclic) bond motifs is 1. The van der Waals surface area contributed by atoms with Gasteiger partial charge in [-0.05, 0) is 12.5 Å². The zero-order valence-electron chi connectivity index (χ0n) is 17.2. The third-order valence-electron chi connectivity index (χ3n) is 5.21. The van der Waals surface area contributed by atoms with E-state index in [1.807, 2.05) is 12.1 Å². The highest BCUT2D eigenvalue weighted by Gasteiger charge is 2.47. The number of nitrogens with zero attached hydrogens (tertiary/aromatic N) is 1. The number of benzene rings is 1. The van der Waals surface area contributed by atoms with Crippen LogP contribution in [0.1, 0.15) is 34.4 Å². The molecule has 1 saturated heterocycles. The van der Waals surface area contributed by atoms with E-state index in [1.165, 1.54) is 27.4 Å². The molecule has 0 bridgehead atoms. The van der Waals surface area contributed by atoms with Gasteiger partial charge in [0.1, 0.15) is 11.4 Å². The van der Waals surface area contributed by atoms with E-state index in [9.17, 15) is 4.79 Å². The van der Waals surface area contributed by atoms with Crippen LogP contribution in [-0.2, 0) is 29.5 Å². The lowest BCUT2D eigenvalue weighted by atomic mass is 9.89. The summed E-state index contributed by atoms with van der Waals surface area (Å²) in [7, 11) is 5.85. The van der Waals surface area contributed by atoms with Gasteiger partial charge in [0.15, 0.2) is 12.0 Å². The molecule has 0 saturated carbocycles. The third-order valence-corrected chi connectivity index (χ3v) is 5.21. The lowest BCUT2D eigenvalue weighted by Gasteiger charge is -2.31. The zero-order valence-corrected chi connectivity index (χ0v) is 17.2. The minimum absolute atomic E-state index is 0.0320. The largest absolute Gasteiger partial charge is 0.496 e. The van der Waals surface area contributed by atoms with Gasteiger partial charge in [0.05, 0.1) is 38.6 Å². The summed E-state index contributed by atoms with van der Waals surface area (Å²) in [5.74, 6) is -1.39. The highest BCUT2D eigenvalue weighted by molar-refractivity contribution is 6.09. The summed E-state index contributed by atoms with van der Waals surface area (Å²) in [6.45, 7) is 1.13. The molecule has 2 aromatic rings. The third kappa shape index (κ3) is 3.10. The number of carbonyl (C=O) groups excluding carboxylic acids is 1. The Bertz CT molecular complexity index is 969. The Labute approximate surface area is 173 Å². The summed E-state index contributed by atoms with van der Waals surface area (Å²) in [5, 5.41) is 4.21. The number of Topliss-reactive ketones (excluding diaryl/α,β-unsaturated/α-hetero) is 1. The SMILES string of the molecule is COC1=CC(OC)(OC)c2c(-c3c(OC)cccc3C3OCCCO3)noc2C1=O. The topological polar surface area (TPSA) is 98.5 Å². The smallest absolute Gasteiger partial charge is 0.265 e. The first-order chi connectivity index (χ1) is 14.6. The predicted octanol–water partition coefficient (Wildman–Crippen LogP) is 2.96. The van der Waals surface area contributed by atoms with Crippen molar-refractivity contribution in [2.24, 2.45) is 0 Å². The van der Waals surface area contributed by atoms with Gasteiger partial charge < -0.3 is 32.9 Å². The van der Waals surface area contributed by atoms with E-state index >= 15 is 0 Å². The number of aromatic nitrogens is 1. The van der Waals surface area contributed by atoms with Gasteiger partial charge in [-0.1, -0.05) is 17.3 Å². The molecule has 1 aromatic heterocycles. The van der Waals surface area contributed by atoms with Crippen LogP contribution in [-0.4, -0.2) is 52.6 Å². The average molecular weight is 417 g/mol. The van der Waals surface area contributed by atoms with Gasteiger partial charge in [-0.3, -0.25) is 4.79 Å². The average Bonchev–Trinajstić information content (AvgIpc) is 3.26. The molecule has 0 unspecified atom stereocenters. The Morgan fingerprint density at radius 1 is 1.07 bits per heavy atom. The van der Waals surface area contributed by atoms with Crippen LogP contribution in [0.25, 0.3) is 11.3 Å². The molecule has 30 heavy (non-hydrogen) atoms. The molecular weight excluding hydrogens is 394 g/mol. The number of rotatable bonds is 6. The molecule has 1 aromatic carbocycles. The molecule has 2 aliphatic rings. The number of methoxy groups -OCH3 is 4. The number of ether oxygens (including phenoxy) is 6. The van der Waals surface area contributed by atoms with Crippen LogP contribution >= 0.6 is 0 Å². The van der Waals surface area contributed by atoms with Crippen LogP contribution in [0.4, 0.5) is 0 Å². The quantitative estimate of drug-likeness (QED) is 0.657. The van der Waals surface area contributed by atoms with Crippen molar-refractivity contribution in [2.75, 3.05) is 41.7 Å². The Kier molecular flexibility index (Phi) is 5.61. The van der Waals surface area contributed by atoms with Crippen molar-refractivity contribution < 1.29 is 37.7 Å². The summed E-state index contributed by atoms with van der Waals surface area (Å²) in [5.41, 5.74) is 1.91. The van der Waals surface area contributed by atoms with Crippen LogP contribution in [0.2, 0.25) is 0 Å². The minimum Gasteiger partial charge on any atom is -0.496 e. The van der Waals surface area contributed by atoms with Crippen molar-refractivity contribution >= 4 is 5.78 Å². The van der Waals surface area contributed by atoms with Crippen LogP contribution in [0, 0.1) is 0 Å². The molecule has 1 aliphatic heterocycles.